The number of hydrogen-bond acceptors (Lipinski definition) is 2. The lowest BCUT2D eigenvalue weighted by Gasteiger charge is -2.07. The lowest BCUT2D eigenvalue weighted by Crippen LogP contribution is -2.11. The smallest absolute Gasteiger partial charge is 0.104 e. The topological polar surface area (TPSA) is 43.8 Å². The van der Waals surface area contributed by atoms with Crippen LogP contribution in [0.2, 0.25) is 0 Å². The molecule has 3 nitrogen and oxygen atoms in total. The minimum atomic E-state index is 0.430. The molecule has 0 aliphatic rings. The Morgan fingerprint density at radius 2 is 2.27 bits per heavy atom. The normalized spacial score (nSPS) is 10.2. The summed E-state index contributed by atoms with van der Waals surface area (Å²) in [5.74, 6) is 0. The Hall–Kier alpha value is -1.68. The Labute approximate surface area is 93.5 Å². The van der Waals surface area contributed by atoms with Crippen molar-refractivity contribution < 1.29 is 0 Å². The molecule has 2 aromatic rings. The second kappa shape index (κ2) is 3.82. The van der Waals surface area contributed by atoms with E-state index in [1.54, 1.807) is 10.9 Å². The molecular formula is C11H11N3S. The number of hydrogen-bond donors (Lipinski definition) is 1. The van der Waals surface area contributed by atoms with Crippen molar-refractivity contribution in [2.45, 2.75) is 6.92 Å². The van der Waals surface area contributed by atoms with Crippen LogP contribution < -0.4 is 5.73 Å². The van der Waals surface area contributed by atoms with Gasteiger partial charge in [-0.05, 0) is 36.8 Å². The van der Waals surface area contributed by atoms with Gasteiger partial charge in [-0.15, -0.1) is 0 Å². The summed E-state index contributed by atoms with van der Waals surface area (Å²) in [6.45, 7) is 1.99. The Morgan fingerprint density at radius 1 is 1.47 bits per heavy atom. The highest BCUT2D eigenvalue weighted by atomic mass is 32.1. The first-order valence-corrected chi connectivity index (χ1v) is 5.00. The zero-order valence-electron chi connectivity index (χ0n) is 8.34. The lowest BCUT2D eigenvalue weighted by molar-refractivity contribution is 0.879. The molecule has 0 aliphatic carbocycles. The molecule has 0 unspecified atom stereocenters. The molecule has 0 atom stereocenters. The molecule has 0 saturated heterocycles. The maximum Gasteiger partial charge on any atom is 0.104 e. The minimum absolute atomic E-state index is 0.430. The highest BCUT2D eigenvalue weighted by Gasteiger charge is 2.03. The van der Waals surface area contributed by atoms with E-state index in [4.69, 9.17) is 18.0 Å². The van der Waals surface area contributed by atoms with Gasteiger partial charge < -0.3 is 5.73 Å². The highest BCUT2D eigenvalue weighted by Crippen LogP contribution is 2.13. The third-order valence-corrected chi connectivity index (χ3v) is 2.46. The van der Waals surface area contributed by atoms with Crippen LogP contribution in [0, 0.1) is 6.92 Å². The van der Waals surface area contributed by atoms with Gasteiger partial charge in [-0.3, -0.25) is 0 Å². The van der Waals surface area contributed by atoms with E-state index in [1.165, 1.54) is 0 Å². The van der Waals surface area contributed by atoms with Crippen molar-refractivity contribution in [1.82, 2.24) is 9.78 Å². The van der Waals surface area contributed by atoms with E-state index < -0.39 is 0 Å². The third-order valence-electron chi connectivity index (χ3n) is 2.24. The monoisotopic (exact) mass is 217 g/mol. The second-order valence-electron chi connectivity index (χ2n) is 3.31. The molecule has 2 rings (SSSR count). The van der Waals surface area contributed by atoms with E-state index in [0.717, 1.165) is 16.8 Å². The van der Waals surface area contributed by atoms with E-state index in [0.29, 0.717) is 4.99 Å². The van der Waals surface area contributed by atoms with Crippen molar-refractivity contribution >= 4 is 17.2 Å². The van der Waals surface area contributed by atoms with Gasteiger partial charge in [-0.25, -0.2) is 4.68 Å². The largest absolute Gasteiger partial charge is 0.389 e. The molecule has 4 heteroatoms. The van der Waals surface area contributed by atoms with E-state index >= 15 is 0 Å². The highest BCUT2D eigenvalue weighted by molar-refractivity contribution is 7.80. The molecule has 0 fully saturated rings. The van der Waals surface area contributed by atoms with Gasteiger partial charge in [-0.2, -0.15) is 5.10 Å². The van der Waals surface area contributed by atoms with Crippen molar-refractivity contribution in [3.8, 4) is 5.69 Å². The van der Waals surface area contributed by atoms with E-state index in [9.17, 15) is 0 Å². The molecule has 0 spiro atoms. The average molecular weight is 217 g/mol. The SMILES string of the molecule is Cc1cc(-n2cccn2)ccc1C(N)=S. The van der Waals surface area contributed by atoms with Crippen molar-refractivity contribution in [1.29, 1.82) is 0 Å². The van der Waals surface area contributed by atoms with Crippen LogP contribution in [-0.4, -0.2) is 14.8 Å². The predicted molar refractivity (Wildman–Crippen MR) is 64.2 cm³/mol. The first-order valence-electron chi connectivity index (χ1n) is 4.59. The van der Waals surface area contributed by atoms with Crippen LogP contribution in [-0.2, 0) is 0 Å². The van der Waals surface area contributed by atoms with Gasteiger partial charge in [-0.1, -0.05) is 12.2 Å². The summed E-state index contributed by atoms with van der Waals surface area (Å²) in [5, 5.41) is 4.15. The number of benzene rings is 1. The molecule has 2 N–H and O–H groups in total. The van der Waals surface area contributed by atoms with Crippen LogP contribution in [0.3, 0.4) is 0 Å². The fraction of sp³-hybridized carbons (Fsp3) is 0.0909. The van der Waals surface area contributed by atoms with Gasteiger partial charge in [0.1, 0.15) is 4.99 Å². The zero-order chi connectivity index (χ0) is 10.8. The van der Waals surface area contributed by atoms with Crippen LogP contribution in [0.1, 0.15) is 11.1 Å². The number of aryl methyl sites for hydroxylation is 1. The number of rotatable bonds is 2. The molecule has 1 heterocycles. The first-order chi connectivity index (χ1) is 7.18. The summed E-state index contributed by atoms with van der Waals surface area (Å²) in [5.41, 5.74) is 8.59. The first kappa shape index (κ1) is 9.86. The molecule has 15 heavy (non-hydrogen) atoms. The second-order valence-corrected chi connectivity index (χ2v) is 3.75. The van der Waals surface area contributed by atoms with Crippen molar-refractivity contribution in [3.05, 3.63) is 47.8 Å². The molecular weight excluding hydrogens is 206 g/mol. The van der Waals surface area contributed by atoms with Gasteiger partial charge in [0, 0.05) is 18.0 Å². The van der Waals surface area contributed by atoms with Crippen LogP contribution >= 0.6 is 12.2 Å². The Morgan fingerprint density at radius 3 is 2.80 bits per heavy atom. The lowest BCUT2D eigenvalue weighted by atomic mass is 10.1. The maximum absolute atomic E-state index is 5.59. The van der Waals surface area contributed by atoms with E-state index in [-0.39, 0.29) is 0 Å². The van der Waals surface area contributed by atoms with Crippen molar-refractivity contribution in [3.63, 3.8) is 0 Å². The summed E-state index contributed by atoms with van der Waals surface area (Å²) in [4.78, 5) is 0.430. The van der Waals surface area contributed by atoms with Gasteiger partial charge in [0.15, 0.2) is 0 Å². The summed E-state index contributed by atoms with van der Waals surface area (Å²) in [7, 11) is 0. The van der Waals surface area contributed by atoms with E-state index in [1.807, 2.05) is 37.4 Å². The average Bonchev–Trinajstić information content (AvgIpc) is 2.69. The summed E-state index contributed by atoms with van der Waals surface area (Å²) >= 11 is 4.95. The van der Waals surface area contributed by atoms with Gasteiger partial charge in [0.25, 0.3) is 0 Å². The van der Waals surface area contributed by atoms with Crippen molar-refractivity contribution in [2.24, 2.45) is 5.73 Å². The predicted octanol–water partition coefficient (Wildman–Crippen LogP) is 1.81. The number of aromatic nitrogens is 2. The number of nitrogens with zero attached hydrogens (tertiary/aromatic N) is 2. The number of nitrogens with two attached hydrogens (primary N) is 1. The van der Waals surface area contributed by atoms with E-state index in [2.05, 4.69) is 5.10 Å². The zero-order valence-corrected chi connectivity index (χ0v) is 9.16. The fourth-order valence-corrected chi connectivity index (χ4v) is 1.72. The van der Waals surface area contributed by atoms with Gasteiger partial charge >= 0.3 is 0 Å². The molecule has 0 radical (unpaired) electrons. The Balaban J connectivity index is 2.47. The number of thiocarbonyl (C=S) groups is 1. The van der Waals surface area contributed by atoms with Crippen LogP contribution in [0.5, 0.6) is 0 Å². The van der Waals surface area contributed by atoms with Crippen LogP contribution in [0.15, 0.2) is 36.7 Å². The van der Waals surface area contributed by atoms with Crippen LogP contribution in [0.25, 0.3) is 5.69 Å². The van der Waals surface area contributed by atoms with Crippen molar-refractivity contribution in [2.75, 3.05) is 0 Å². The summed E-state index contributed by atoms with van der Waals surface area (Å²) in [6.07, 6.45) is 3.64. The quantitative estimate of drug-likeness (QED) is 0.780. The Kier molecular flexibility index (Phi) is 2.51. The molecule has 76 valence electrons. The molecule has 1 aromatic carbocycles. The molecule has 0 amide bonds. The molecule has 1 aromatic heterocycles. The summed E-state index contributed by atoms with van der Waals surface area (Å²) < 4.78 is 1.80. The standard InChI is InChI=1S/C11H11N3S/c1-8-7-9(14-6-2-5-13-14)3-4-10(8)11(12)15/h2-7H,1H3,(H2,12,15). The molecule has 0 aliphatic heterocycles. The molecule has 0 bridgehead atoms. The fourth-order valence-electron chi connectivity index (χ4n) is 1.49. The molecule has 0 saturated carbocycles. The Bertz CT molecular complexity index is 489. The third kappa shape index (κ3) is 1.89. The van der Waals surface area contributed by atoms with Crippen LogP contribution in [0.4, 0.5) is 0 Å². The van der Waals surface area contributed by atoms with Gasteiger partial charge in [0.05, 0.1) is 5.69 Å². The maximum atomic E-state index is 5.59. The summed E-state index contributed by atoms with van der Waals surface area (Å²) in [6, 6.07) is 7.78. The van der Waals surface area contributed by atoms with Gasteiger partial charge in [0.2, 0.25) is 0 Å². The minimum Gasteiger partial charge on any atom is -0.389 e.